The second-order valence-electron chi connectivity index (χ2n) is 10.2. The number of carbonyl (C=O) groups excluding carboxylic acids is 1. The Hall–Kier alpha value is -0.870. The molecule has 4 heteroatoms. The Morgan fingerprint density at radius 3 is 2.54 bits per heavy atom. The molecule has 0 aliphatic heterocycles. The number of allylic oxidation sites excluding steroid dienone is 1. The normalized spacial score (nSPS) is 53.8. The standard InChI is InChI=1S/C22H35NO3/c1-20-10-8-16(24)13-15(20)3-5-18-17(20)9-11-21(2)14(4-6-19(23)25)7-12-22(18,21)26/h4,6,14-18,24,26H,3,5,7-13H2,1-2H3,(H2,23,25)/b6-4+. The van der Waals surface area contributed by atoms with Gasteiger partial charge in [0, 0.05) is 5.41 Å². The lowest BCUT2D eigenvalue weighted by molar-refractivity contribution is -0.207. The fourth-order valence-corrected chi connectivity index (χ4v) is 7.76. The van der Waals surface area contributed by atoms with Crippen LogP contribution >= 0.6 is 0 Å². The maximum Gasteiger partial charge on any atom is 0.241 e. The predicted octanol–water partition coefficient (Wildman–Crippen LogP) is 3.16. The van der Waals surface area contributed by atoms with Gasteiger partial charge in [0.05, 0.1) is 11.7 Å². The number of hydrogen-bond acceptors (Lipinski definition) is 3. The summed E-state index contributed by atoms with van der Waals surface area (Å²) < 4.78 is 0. The average Bonchev–Trinajstić information content (AvgIpc) is 2.85. The average molecular weight is 362 g/mol. The van der Waals surface area contributed by atoms with E-state index in [1.54, 1.807) is 0 Å². The van der Waals surface area contributed by atoms with Gasteiger partial charge in [0.25, 0.3) is 0 Å². The van der Waals surface area contributed by atoms with E-state index in [-0.39, 0.29) is 22.9 Å². The highest BCUT2D eigenvalue weighted by atomic mass is 16.3. The SMILES string of the molecule is CC12CCC(O)CC1CCC1C2CCC2(C)C(/C=C/C(N)=O)CCC12O. The van der Waals surface area contributed by atoms with Gasteiger partial charge < -0.3 is 15.9 Å². The van der Waals surface area contributed by atoms with E-state index in [9.17, 15) is 15.0 Å². The number of carbonyl (C=O) groups is 1. The zero-order chi connectivity index (χ0) is 18.7. The molecule has 0 heterocycles. The van der Waals surface area contributed by atoms with Gasteiger partial charge in [0.2, 0.25) is 5.91 Å². The largest absolute Gasteiger partial charge is 0.393 e. The lowest BCUT2D eigenvalue weighted by Gasteiger charge is -2.63. The molecule has 0 bridgehead atoms. The molecule has 4 rings (SSSR count). The minimum Gasteiger partial charge on any atom is -0.393 e. The van der Waals surface area contributed by atoms with Crippen LogP contribution in [0.15, 0.2) is 12.2 Å². The van der Waals surface area contributed by atoms with E-state index in [0.29, 0.717) is 17.8 Å². The van der Waals surface area contributed by atoms with Crippen molar-refractivity contribution in [3.8, 4) is 0 Å². The molecule has 0 spiro atoms. The second-order valence-corrected chi connectivity index (χ2v) is 10.2. The maximum atomic E-state index is 12.0. The van der Waals surface area contributed by atoms with E-state index < -0.39 is 11.5 Å². The third-order valence-electron chi connectivity index (χ3n) is 9.39. The molecule has 8 atom stereocenters. The summed E-state index contributed by atoms with van der Waals surface area (Å²) in [5.74, 6) is 1.36. The monoisotopic (exact) mass is 361 g/mol. The first-order chi connectivity index (χ1) is 12.2. The van der Waals surface area contributed by atoms with Crippen molar-refractivity contribution in [3.05, 3.63) is 12.2 Å². The van der Waals surface area contributed by atoms with Crippen LogP contribution in [0.5, 0.6) is 0 Å². The van der Waals surface area contributed by atoms with Crippen molar-refractivity contribution in [2.75, 3.05) is 0 Å². The minimum atomic E-state index is -0.632. The Balaban J connectivity index is 1.63. The molecular formula is C22H35NO3. The van der Waals surface area contributed by atoms with Crippen LogP contribution in [-0.4, -0.2) is 27.8 Å². The van der Waals surface area contributed by atoms with E-state index in [1.165, 1.54) is 6.08 Å². The number of nitrogens with two attached hydrogens (primary N) is 1. The number of aliphatic hydroxyl groups excluding tert-OH is 1. The number of primary amides is 1. The van der Waals surface area contributed by atoms with Gasteiger partial charge in [-0.05, 0) is 93.0 Å². The van der Waals surface area contributed by atoms with E-state index in [2.05, 4.69) is 13.8 Å². The molecule has 1 amide bonds. The van der Waals surface area contributed by atoms with Crippen LogP contribution in [-0.2, 0) is 4.79 Å². The quantitative estimate of drug-likeness (QED) is 0.661. The van der Waals surface area contributed by atoms with Crippen LogP contribution in [0.2, 0.25) is 0 Å². The Labute approximate surface area is 157 Å². The van der Waals surface area contributed by atoms with Crippen molar-refractivity contribution in [1.82, 2.24) is 0 Å². The van der Waals surface area contributed by atoms with Crippen LogP contribution in [0.3, 0.4) is 0 Å². The topological polar surface area (TPSA) is 83.5 Å². The first-order valence-electron chi connectivity index (χ1n) is 10.6. The van der Waals surface area contributed by atoms with Gasteiger partial charge in [-0.25, -0.2) is 0 Å². The fraction of sp³-hybridized carbons (Fsp3) is 0.864. The smallest absolute Gasteiger partial charge is 0.241 e. The third kappa shape index (κ3) is 2.44. The summed E-state index contributed by atoms with van der Waals surface area (Å²) in [6, 6.07) is 0. The van der Waals surface area contributed by atoms with Gasteiger partial charge in [-0.2, -0.15) is 0 Å². The van der Waals surface area contributed by atoms with Crippen molar-refractivity contribution in [2.45, 2.75) is 83.3 Å². The zero-order valence-electron chi connectivity index (χ0n) is 16.3. The molecule has 146 valence electrons. The van der Waals surface area contributed by atoms with Crippen molar-refractivity contribution >= 4 is 5.91 Å². The lowest BCUT2D eigenvalue weighted by atomic mass is 9.43. The highest BCUT2D eigenvalue weighted by molar-refractivity contribution is 5.85. The molecule has 4 fully saturated rings. The molecule has 8 unspecified atom stereocenters. The molecule has 26 heavy (non-hydrogen) atoms. The molecule has 4 N–H and O–H groups in total. The molecule has 4 saturated carbocycles. The third-order valence-corrected chi connectivity index (χ3v) is 9.39. The lowest BCUT2D eigenvalue weighted by Crippen LogP contribution is -2.62. The van der Waals surface area contributed by atoms with Crippen molar-refractivity contribution in [2.24, 2.45) is 40.2 Å². The molecule has 0 aromatic heterocycles. The summed E-state index contributed by atoms with van der Waals surface area (Å²) in [5.41, 5.74) is 4.79. The van der Waals surface area contributed by atoms with Gasteiger partial charge in [0.1, 0.15) is 0 Å². The Morgan fingerprint density at radius 2 is 1.81 bits per heavy atom. The summed E-state index contributed by atoms with van der Waals surface area (Å²) in [5, 5.41) is 22.1. The van der Waals surface area contributed by atoms with Crippen LogP contribution in [0, 0.1) is 34.5 Å². The van der Waals surface area contributed by atoms with Crippen molar-refractivity contribution in [1.29, 1.82) is 0 Å². The highest BCUT2D eigenvalue weighted by Gasteiger charge is 2.66. The summed E-state index contributed by atoms with van der Waals surface area (Å²) >= 11 is 0. The van der Waals surface area contributed by atoms with E-state index >= 15 is 0 Å². The highest BCUT2D eigenvalue weighted by Crippen LogP contribution is 2.69. The Morgan fingerprint density at radius 1 is 1.04 bits per heavy atom. The molecule has 0 saturated heterocycles. The summed E-state index contributed by atoms with van der Waals surface area (Å²) in [4.78, 5) is 11.2. The number of aliphatic hydroxyl groups is 2. The zero-order valence-corrected chi connectivity index (χ0v) is 16.3. The number of rotatable bonds is 2. The number of fused-ring (bicyclic) bond motifs is 5. The van der Waals surface area contributed by atoms with Crippen LogP contribution in [0.4, 0.5) is 0 Å². The second kappa shape index (κ2) is 6.07. The molecule has 0 radical (unpaired) electrons. The molecule has 0 aromatic rings. The Bertz CT molecular complexity index is 619. The van der Waals surface area contributed by atoms with Crippen molar-refractivity contribution in [3.63, 3.8) is 0 Å². The summed E-state index contributed by atoms with van der Waals surface area (Å²) in [6.45, 7) is 4.68. The van der Waals surface area contributed by atoms with Gasteiger partial charge in [0.15, 0.2) is 0 Å². The van der Waals surface area contributed by atoms with Gasteiger partial charge >= 0.3 is 0 Å². The summed E-state index contributed by atoms with van der Waals surface area (Å²) in [7, 11) is 0. The van der Waals surface area contributed by atoms with Gasteiger partial charge in [-0.1, -0.05) is 19.9 Å². The molecule has 4 nitrogen and oxygen atoms in total. The molecule has 4 aliphatic rings. The van der Waals surface area contributed by atoms with Gasteiger partial charge in [-0.15, -0.1) is 0 Å². The van der Waals surface area contributed by atoms with Crippen LogP contribution < -0.4 is 5.73 Å². The fourth-order valence-electron chi connectivity index (χ4n) is 7.76. The van der Waals surface area contributed by atoms with Gasteiger partial charge in [-0.3, -0.25) is 4.79 Å². The maximum absolute atomic E-state index is 12.0. The van der Waals surface area contributed by atoms with Crippen LogP contribution in [0.25, 0.3) is 0 Å². The molecule has 4 aliphatic carbocycles. The Kier molecular flexibility index (Phi) is 4.31. The number of amides is 1. The molecular weight excluding hydrogens is 326 g/mol. The van der Waals surface area contributed by atoms with Crippen molar-refractivity contribution < 1.29 is 15.0 Å². The van der Waals surface area contributed by atoms with E-state index in [0.717, 1.165) is 57.8 Å². The predicted molar refractivity (Wildman–Crippen MR) is 101 cm³/mol. The number of hydrogen-bond donors (Lipinski definition) is 3. The van der Waals surface area contributed by atoms with E-state index in [1.807, 2.05) is 6.08 Å². The first-order valence-corrected chi connectivity index (χ1v) is 10.6. The summed E-state index contributed by atoms with van der Waals surface area (Å²) in [6.07, 6.45) is 12.4. The first kappa shape index (κ1) is 18.5. The minimum absolute atomic E-state index is 0.128. The van der Waals surface area contributed by atoms with E-state index in [4.69, 9.17) is 5.73 Å². The molecule has 0 aromatic carbocycles. The van der Waals surface area contributed by atoms with Crippen LogP contribution in [0.1, 0.15) is 71.6 Å².